The Morgan fingerprint density at radius 2 is 2.05 bits per heavy atom. The fourth-order valence-electron chi connectivity index (χ4n) is 2.62. The van der Waals surface area contributed by atoms with E-state index in [4.69, 9.17) is 0 Å². The summed E-state index contributed by atoms with van der Waals surface area (Å²) in [7, 11) is 1.39. The maximum Gasteiger partial charge on any atom is 0.305 e. The van der Waals surface area contributed by atoms with E-state index in [1.165, 1.54) is 13.5 Å². The Labute approximate surface area is 131 Å². The van der Waals surface area contributed by atoms with Crippen LogP contribution >= 0.6 is 0 Å². The van der Waals surface area contributed by atoms with Gasteiger partial charge in [0.2, 0.25) is 5.91 Å². The Hall–Kier alpha value is -1.88. The molecule has 5 heteroatoms. The molecule has 1 amide bonds. The number of amides is 1. The number of esters is 1. The molecule has 1 atom stereocenters. The molecular weight excluding hydrogens is 280 g/mol. The van der Waals surface area contributed by atoms with Crippen molar-refractivity contribution >= 4 is 17.6 Å². The van der Waals surface area contributed by atoms with Crippen LogP contribution in [0.25, 0.3) is 0 Å². The Bertz CT molecular complexity index is 493. The van der Waals surface area contributed by atoms with Crippen molar-refractivity contribution < 1.29 is 14.3 Å². The van der Waals surface area contributed by atoms with E-state index in [9.17, 15) is 9.59 Å². The number of benzene rings is 1. The van der Waals surface area contributed by atoms with E-state index < -0.39 is 0 Å². The van der Waals surface area contributed by atoms with Crippen molar-refractivity contribution in [3.8, 4) is 0 Å². The van der Waals surface area contributed by atoms with Gasteiger partial charge in [-0.3, -0.25) is 9.59 Å². The summed E-state index contributed by atoms with van der Waals surface area (Å²) in [6.45, 7) is 2.10. The number of nitrogens with one attached hydrogen (secondary N) is 2. The number of hydrogen-bond donors (Lipinski definition) is 2. The summed E-state index contributed by atoms with van der Waals surface area (Å²) in [4.78, 5) is 23.0. The number of aryl methyl sites for hydroxylation is 1. The standard InChI is InChI=1S/C17H24N2O3/c1-22-17(21)9-5-13-2-6-15(7-3-13)19-16(20)8-4-14-10-11-18-12-14/h2-3,6-7,14,18H,4-5,8-12H2,1H3,(H,19,20). The van der Waals surface area contributed by atoms with Crippen molar-refractivity contribution in [3.63, 3.8) is 0 Å². The van der Waals surface area contributed by atoms with E-state index >= 15 is 0 Å². The molecule has 0 bridgehead atoms. The first-order chi connectivity index (χ1) is 10.7. The maximum absolute atomic E-state index is 11.9. The first-order valence-corrected chi connectivity index (χ1v) is 7.83. The predicted molar refractivity (Wildman–Crippen MR) is 85.6 cm³/mol. The van der Waals surface area contributed by atoms with E-state index in [-0.39, 0.29) is 11.9 Å². The molecule has 1 heterocycles. The van der Waals surface area contributed by atoms with Gasteiger partial charge in [0, 0.05) is 18.5 Å². The number of carbonyl (C=O) groups is 2. The molecule has 0 radical (unpaired) electrons. The molecule has 2 N–H and O–H groups in total. The lowest BCUT2D eigenvalue weighted by molar-refractivity contribution is -0.140. The highest BCUT2D eigenvalue weighted by Crippen LogP contribution is 2.16. The number of methoxy groups -OCH3 is 1. The van der Waals surface area contributed by atoms with Crippen molar-refractivity contribution in [1.29, 1.82) is 0 Å². The van der Waals surface area contributed by atoms with Crippen molar-refractivity contribution in [2.75, 3.05) is 25.5 Å². The lowest BCUT2D eigenvalue weighted by Crippen LogP contribution is -2.15. The molecule has 1 aromatic rings. The van der Waals surface area contributed by atoms with Crippen LogP contribution in [0.15, 0.2) is 24.3 Å². The van der Waals surface area contributed by atoms with E-state index in [1.807, 2.05) is 24.3 Å². The minimum Gasteiger partial charge on any atom is -0.469 e. The minimum absolute atomic E-state index is 0.0641. The topological polar surface area (TPSA) is 67.4 Å². The van der Waals surface area contributed by atoms with Crippen LogP contribution in [0.4, 0.5) is 5.69 Å². The molecule has 22 heavy (non-hydrogen) atoms. The molecule has 1 saturated heterocycles. The van der Waals surface area contributed by atoms with Crippen LogP contribution in [-0.2, 0) is 20.7 Å². The van der Waals surface area contributed by atoms with E-state index in [1.54, 1.807) is 0 Å². The van der Waals surface area contributed by atoms with Gasteiger partial charge in [-0.15, -0.1) is 0 Å². The lowest BCUT2D eigenvalue weighted by Gasteiger charge is -2.09. The quantitative estimate of drug-likeness (QED) is 0.757. The first-order valence-electron chi connectivity index (χ1n) is 7.83. The highest BCUT2D eigenvalue weighted by atomic mass is 16.5. The summed E-state index contributed by atoms with van der Waals surface area (Å²) in [6.07, 6.45) is 3.70. The van der Waals surface area contributed by atoms with E-state index in [2.05, 4.69) is 15.4 Å². The van der Waals surface area contributed by atoms with Gasteiger partial charge in [0.15, 0.2) is 0 Å². The molecule has 0 aromatic heterocycles. The van der Waals surface area contributed by atoms with Crippen LogP contribution in [-0.4, -0.2) is 32.1 Å². The number of hydrogen-bond acceptors (Lipinski definition) is 4. The second-order valence-corrected chi connectivity index (χ2v) is 5.72. The summed E-state index contributed by atoms with van der Waals surface area (Å²) in [6, 6.07) is 7.61. The van der Waals surface area contributed by atoms with Crippen LogP contribution in [0.5, 0.6) is 0 Å². The molecule has 0 aliphatic carbocycles. The third-order valence-corrected chi connectivity index (χ3v) is 4.03. The fraction of sp³-hybridized carbons (Fsp3) is 0.529. The summed E-state index contributed by atoms with van der Waals surface area (Å²) in [5.74, 6) is 0.486. The van der Waals surface area contributed by atoms with Gasteiger partial charge in [-0.1, -0.05) is 12.1 Å². The number of ether oxygens (including phenoxy) is 1. The van der Waals surface area contributed by atoms with Gasteiger partial charge in [0.1, 0.15) is 0 Å². The largest absolute Gasteiger partial charge is 0.469 e. The normalized spacial score (nSPS) is 17.2. The Morgan fingerprint density at radius 1 is 1.27 bits per heavy atom. The monoisotopic (exact) mass is 304 g/mol. The van der Waals surface area contributed by atoms with Gasteiger partial charge in [-0.2, -0.15) is 0 Å². The molecule has 120 valence electrons. The molecule has 1 aliphatic heterocycles. The van der Waals surface area contributed by atoms with Crippen molar-refractivity contribution in [1.82, 2.24) is 5.32 Å². The Kier molecular flexibility index (Phi) is 6.40. The third-order valence-electron chi connectivity index (χ3n) is 4.03. The molecule has 1 unspecified atom stereocenters. The van der Waals surface area contributed by atoms with Crippen molar-refractivity contribution in [3.05, 3.63) is 29.8 Å². The third kappa shape index (κ3) is 5.48. The van der Waals surface area contributed by atoms with Gasteiger partial charge in [-0.05, 0) is 56.0 Å². The van der Waals surface area contributed by atoms with Crippen LogP contribution in [0.3, 0.4) is 0 Å². The molecular formula is C17H24N2O3. The number of anilines is 1. The van der Waals surface area contributed by atoms with E-state index in [0.717, 1.165) is 30.8 Å². The fourth-order valence-corrected chi connectivity index (χ4v) is 2.62. The van der Waals surface area contributed by atoms with Crippen LogP contribution in [0.2, 0.25) is 0 Å². The van der Waals surface area contributed by atoms with Gasteiger partial charge >= 0.3 is 5.97 Å². The van der Waals surface area contributed by atoms with Gasteiger partial charge in [0.05, 0.1) is 7.11 Å². The van der Waals surface area contributed by atoms with Crippen LogP contribution in [0, 0.1) is 5.92 Å². The zero-order valence-corrected chi connectivity index (χ0v) is 13.1. The van der Waals surface area contributed by atoms with E-state index in [0.29, 0.717) is 25.2 Å². The summed E-state index contributed by atoms with van der Waals surface area (Å²) >= 11 is 0. The highest BCUT2D eigenvalue weighted by Gasteiger charge is 2.15. The van der Waals surface area contributed by atoms with Crippen LogP contribution < -0.4 is 10.6 Å². The summed E-state index contributed by atoms with van der Waals surface area (Å²) in [5.41, 5.74) is 1.86. The smallest absolute Gasteiger partial charge is 0.305 e. The molecule has 2 rings (SSSR count). The Morgan fingerprint density at radius 3 is 2.68 bits per heavy atom. The SMILES string of the molecule is COC(=O)CCc1ccc(NC(=O)CCC2CCNC2)cc1. The molecule has 0 saturated carbocycles. The molecule has 0 spiro atoms. The second kappa shape index (κ2) is 8.54. The van der Waals surface area contributed by atoms with Crippen LogP contribution in [0.1, 0.15) is 31.2 Å². The summed E-state index contributed by atoms with van der Waals surface area (Å²) in [5, 5.41) is 6.23. The van der Waals surface area contributed by atoms with Gasteiger partial charge < -0.3 is 15.4 Å². The van der Waals surface area contributed by atoms with Gasteiger partial charge in [0.25, 0.3) is 0 Å². The number of carbonyl (C=O) groups excluding carboxylic acids is 2. The first kappa shape index (κ1) is 16.5. The lowest BCUT2D eigenvalue weighted by atomic mass is 10.0. The Balaban J connectivity index is 1.72. The highest BCUT2D eigenvalue weighted by molar-refractivity contribution is 5.90. The average Bonchev–Trinajstić information content (AvgIpc) is 3.05. The number of rotatable bonds is 7. The zero-order chi connectivity index (χ0) is 15.8. The molecule has 1 fully saturated rings. The van der Waals surface area contributed by atoms with Gasteiger partial charge in [-0.25, -0.2) is 0 Å². The van der Waals surface area contributed by atoms with Crippen molar-refractivity contribution in [2.45, 2.75) is 32.1 Å². The predicted octanol–water partition coefficient (Wildman–Crippen LogP) is 2.12. The average molecular weight is 304 g/mol. The van der Waals surface area contributed by atoms with Crippen molar-refractivity contribution in [2.24, 2.45) is 5.92 Å². The maximum atomic E-state index is 11.9. The molecule has 5 nitrogen and oxygen atoms in total. The second-order valence-electron chi connectivity index (χ2n) is 5.72. The molecule has 1 aliphatic rings. The zero-order valence-electron chi connectivity index (χ0n) is 13.1. The summed E-state index contributed by atoms with van der Waals surface area (Å²) < 4.78 is 4.62. The minimum atomic E-state index is -0.209. The molecule has 1 aromatic carbocycles.